The molecule has 0 aliphatic carbocycles. The van der Waals surface area contributed by atoms with E-state index in [2.05, 4.69) is 120 Å². The summed E-state index contributed by atoms with van der Waals surface area (Å²) in [4.78, 5) is 7.04. The van der Waals surface area contributed by atoms with Crippen LogP contribution >= 0.6 is 0 Å². The maximum atomic E-state index is 6.44. The van der Waals surface area contributed by atoms with Crippen LogP contribution in [0.1, 0.15) is 0 Å². The van der Waals surface area contributed by atoms with Gasteiger partial charge in [-0.15, -0.1) is 0 Å². The van der Waals surface area contributed by atoms with E-state index in [0.29, 0.717) is 11.5 Å². The molecule has 9 rings (SSSR count). The predicted molar refractivity (Wildman–Crippen MR) is 184 cm³/mol. The summed E-state index contributed by atoms with van der Waals surface area (Å²) in [6, 6.07) is 54.6. The van der Waals surface area contributed by atoms with Gasteiger partial charge < -0.3 is 13.7 Å². The van der Waals surface area contributed by atoms with Gasteiger partial charge >= 0.3 is 0 Å². The maximum absolute atomic E-state index is 6.44. The number of nitrogens with zero attached hydrogens (tertiary/aromatic N) is 2. The van der Waals surface area contributed by atoms with Crippen molar-refractivity contribution in [3.05, 3.63) is 158 Å². The first-order chi connectivity index (χ1) is 22.3. The normalized spacial score (nSPS) is 11.6. The standard InChI is InChI=1S/C41H26N2O2/c1-3-11-29(12-4-1)41-42-37-25-36-35-23-22-32(24-38(35)44-39(36)26-40(37)45-41)43(30-14-5-2-6-15-30)31-20-18-28(19-21-31)34-17-9-13-27-10-7-8-16-33(27)34/h1-26H. The van der Waals surface area contributed by atoms with Gasteiger partial charge in [0.25, 0.3) is 0 Å². The summed E-state index contributed by atoms with van der Waals surface area (Å²) in [6.07, 6.45) is 0. The number of hydrogen-bond acceptors (Lipinski definition) is 4. The lowest BCUT2D eigenvalue weighted by atomic mass is 9.98. The molecule has 0 saturated heterocycles. The summed E-state index contributed by atoms with van der Waals surface area (Å²) < 4.78 is 12.6. The summed E-state index contributed by atoms with van der Waals surface area (Å²) in [7, 11) is 0. The van der Waals surface area contributed by atoms with Gasteiger partial charge in [0.15, 0.2) is 5.58 Å². The van der Waals surface area contributed by atoms with Crippen LogP contribution in [0.2, 0.25) is 0 Å². The molecule has 212 valence electrons. The first-order valence-corrected chi connectivity index (χ1v) is 15.0. The molecule has 7 aromatic carbocycles. The average Bonchev–Trinajstić information content (AvgIpc) is 3.68. The topological polar surface area (TPSA) is 42.4 Å². The van der Waals surface area contributed by atoms with Crippen molar-refractivity contribution in [2.75, 3.05) is 4.90 Å². The van der Waals surface area contributed by atoms with E-state index in [1.165, 1.54) is 21.9 Å². The number of fused-ring (bicyclic) bond motifs is 5. The molecule has 0 saturated carbocycles. The van der Waals surface area contributed by atoms with Crippen LogP contribution in [-0.4, -0.2) is 4.98 Å². The molecule has 0 N–H and O–H groups in total. The van der Waals surface area contributed by atoms with Crippen LogP contribution < -0.4 is 4.90 Å². The molecule has 0 aliphatic rings. The zero-order valence-electron chi connectivity index (χ0n) is 24.2. The summed E-state index contributed by atoms with van der Waals surface area (Å²) in [5, 5.41) is 4.55. The Bertz CT molecular complexity index is 2470. The maximum Gasteiger partial charge on any atom is 0.227 e. The zero-order chi connectivity index (χ0) is 29.7. The number of oxazole rings is 1. The monoisotopic (exact) mass is 578 g/mol. The molecule has 45 heavy (non-hydrogen) atoms. The lowest BCUT2D eigenvalue weighted by molar-refractivity contribution is 0.617. The molecule has 0 fully saturated rings. The minimum Gasteiger partial charge on any atom is -0.456 e. The van der Waals surface area contributed by atoms with Gasteiger partial charge in [0.1, 0.15) is 16.7 Å². The Labute approximate surface area is 259 Å². The van der Waals surface area contributed by atoms with Gasteiger partial charge in [-0.05, 0) is 76.5 Å². The summed E-state index contributed by atoms with van der Waals surface area (Å²) in [6.45, 7) is 0. The third-order valence-corrected chi connectivity index (χ3v) is 8.48. The van der Waals surface area contributed by atoms with Gasteiger partial charge in [0.2, 0.25) is 5.89 Å². The molecule has 2 aromatic heterocycles. The number of furan rings is 1. The molecule has 0 spiro atoms. The molecular weight excluding hydrogens is 552 g/mol. The number of anilines is 3. The van der Waals surface area contributed by atoms with Crippen molar-refractivity contribution in [3.8, 4) is 22.6 Å². The second-order valence-corrected chi connectivity index (χ2v) is 11.2. The molecule has 0 atom stereocenters. The molecule has 2 heterocycles. The average molecular weight is 579 g/mol. The predicted octanol–water partition coefficient (Wildman–Crippen LogP) is 11.7. The minimum absolute atomic E-state index is 0.606. The SMILES string of the molecule is c1ccc(-c2nc3cc4c(cc3o2)oc2cc(N(c3ccccc3)c3ccc(-c5cccc6ccccc56)cc3)ccc24)cc1. The van der Waals surface area contributed by atoms with Crippen molar-refractivity contribution >= 4 is 60.9 Å². The summed E-state index contributed by atoms with van der Waals surface area (Å²) in [5.41, 5.74) is 9.61. The Kier molecular flexibility index (Phi) is 5.78. The van der Waals surface area contributed by atoms with Crippen molar-refractivity contribution in [3.63, 3.8) is 0 Å². The Balaban J connectivity index is 1.13. The molecule has 4 heteroatoms. The summed E-state index contributed by atoms with van der Waals surface area (Å²) in [5.74, 6) is 0.606. The lowest BCUT2D eigenvalue weighted by Gasteiger charge is -2.25. The van der Waals surface area contributed by atoms with E-state index in [0.717, 1.165) is 50.1 Å². The number of benzene rings is 7. The Hall–Kier alpha value is -6.13. The highest BCUT2D eigenvalue weighted by molar-refractivity contribution is 6.10. The molecule has 0 aliphatic heterocycles. The van der Waals surface area contributed by atoms with E-state index >= 15 is 0 Å². The quantitative estimate of drug-likeness (QED) is 0.204. The van der Waals surface area contributed by atoms with Crippen molar-refractivity contribution in [1.29, 1.82) is 0 Å². The third-order valence-electron chi connectivity index (χ3n) is 8.48. The number of hydrogen-bond donors (Lipinski definition) is 0. The fourth-order valence-corrected chi connectivity index (χ4v) is 6.32. The highest BCUT2D eigenvalue weighted by Crippen LogP contribution is 2.40. The molecular formula is C41H26N2O2. The number of rotatable bonds is 5. The molecule has 0 radical (unpaired) electrons. The molecule has 9 aromatic rings. The molecule has 4 nitrogen and oxygen atoms in total. The minimum atomic E-state index is 0.606. The van der Waals surface area contributed by atoms with Gasteiger partial charge in [-0.3, -0.25) is 0 Å². The largest absolute Gasteiger partial charge is 0.456 e. The van der Waals surface area contributed by atoms with E-state index in [4.69, 9.17) is 13.8 Å². The molecule has 0 bridgehead atoms. The van der Waals surface area contributed by atoms with E-state index in [-0.39, 0.29) is 0 Å². The second-order valence-electron chi connectivity index (χ2n) is 11.2. The Morgan fingerprint density at radius 1 is 0.422 bits per heavy atom. The summed E-state index contributed by atoms with van der Waals surface area (Å²) >= 11 is 0. The highest BCUT2D eigenvalue weighted by Gasteiger charge is 2.17. The Morgan fingerprint density at radius 3 is 1.96 bits per heavy atom. The van der Waals surface area contributed by atoms with Gasteiger partial charge in [0, 0.05) is 45.5 Å². The lowest BCUT2D eigenvalue weighted by Crippen LogP contribution is -2.09. The van der Waals surface area contributed by atoms with Crippen LogP contribution in [0.5, 0.6) is 0 Å². The first kappa shape index (κ1) is 25.4. The highest BCUT2D eigenvalue weighted by atomic mass is 16.4. The van der Waals surface area contributed by atoms with Crippen LogP contribution in [-0.2, 0) is 0 Å². The van der Waals surface area contributed by atoms with Gasteiger partial charge in [-0.1, -0.05) is 91.0 Å². The van der Waals surface area contributed by atoms with Crippen LogP contribution in [0, 0.1) is 0 Å². The van der Waals surface area contributed by atoms with E-state index < -0.39 is 0 Å². The van der Waals surface area contributed by atoms with E-state index in [9.17, 15) is 0 Å². The van der Waals surface area contributed by atoms with Crippen LogP contribution in [0.25, 0.3) is 66.4 Å². The number of aromatic nitrogens is 1. The fourth-order valence-electron chi connectivity index (χ4n) is 6.32. The van der Waals surface area contributed by atoms with Crippen molar-refractivity contribution in [1.82, 2.24) is 4.98 Å². The van der Waals surface area contributed by atoms with Crippen LogP contribution in [0.3, 0.4) is 0 Å². The van der Waals surface area contributed by atoms with Crippen molar-refractivity contribution in [2.24, 2.45) is 0 Å². The third kappa shape index (κ3) is 4.35. The zero-order valence-corrected chi connectivity index (χ0v) is 24.2. The number of para-hydroxylation sites is 1. The van der Waals surface area contributed by atoms with Gasteiger partial charge in [-0.2, -0.15) is 0 Å². The second kappa shape index (κ2) is 10.2. The fraction of sp³-hybridized carbons (Fsp3) is 0. The van der Waals surface area contributed by atoms with Crippen LogP contribution in [0.4, 0.5) is 17.1 Å². The van der Waals surface area contributed by atoms with Crippen molar-refractivity contribution in [2.45, 2.75) is 0 Å². The Morgan fingerprint density at radius 2 is 1.11 bits per heavy atom. The first-order valence-electron chi connectivity index (χ1n) is 15.0. The van der Waals surface area contributed by atoms with E-state index in [1.807, 2.05) is 42.5 Å². The van der Waals surface area contributed by atoms with Gasteiger partial charge in [-0.25, -0.2) is 4.98 Å². The van der Waals surface area contributed by atoms with E-state index in [1.54, 1.807) is 0 Å². The molecule has 0 unspecified atom stereocenters. The van der Waals surface area contributed by atoms with Gasteiger partial charge in [0.05, 0.1) is 0 Å². The van der Waals surface area contributed by atoms with Crippen molar-refractivity contribution < 1.29 is 8.83 Å². The smallest absolute Gasteiger partial charge is 0.227 e. The molecule has 0 amide bonds. The van der Waals surface area contributed by atoms with Crippen LogP contribution in [0.15, 0.2) is 167 Å².